The second-order valence-electron chi connectivity index (χ2n) is 11.1. The maximum absolute atomic E-state index is 9.04. The van der Waals surface area contributed by atoms with E-state index in [4.69, 9.17) is 27.3 Å². The number of hydrogen-bond donors (Lipinski definition) is 0. The molecule has 7 aromatic carbocycles. The highest BCUT2D eigenvalue weighted by molar-refractivity contribution is 6.10. The summed E-state index contributed by atoms with van der Waals surface area (Å²) >= 11 is 0. The van der Waals surface area contributed by atoms with Crippen LogP contribution >= 0.6 is 0 Å². The Hall–Kier alpha value is -6.39. The van der Waals surface area contributed by atoms with Gasteiger partial charge in [0.05, 0.1) is 23.4 Å². The quantitative estimate of drug-likeness (QED) is 0.195. The molecule has 4 heteroatoms. The molecular formula is C43H28N4. The van der Waals surface area contributed by atoms with Crippen LogP contribution in [0.25, 0.3) is 83.6 Å². The molecule has 0 aliphatic rings. The molecule has 220 valence electrons. The van der Waals surface area contributed by atoms with Crippen LogP contribution in [0.5, 0.6) is 0 Å². The van der Waals surface area contributed by atoms with Crippen LogP contribution in [0.2, 0.25) is 0 Å². The second kappa shape index (κ2) is 11.2. The van der Waals surface area contributed by atoms with Gasteiger partial charge in [-0.15, -0.1) is 0 Å². The largest absolute Gasteiger partial charge is 0.309 e. The summed E-state index contributed by atoms with van der Waals surface area (Å²) in [6.07, 6.45) is 0. The Morgan fingerprint density at radius 3 is 1.74 bits per heavy atom. The number of rotatable bonds is 5. The van der Waals surface area contributed by atoms with Gasteiger partial charge in [-0.1, -0.05) is 133 Å². The summed E-state index contributed by atoms with van der Waals surface area (Å²) < 4.78 is 78.5. The van der Waals surface area contributed by atoms with Gasteiger partial charge in [-0.2, -0.15) is 0 Å². The highest BCUT2D eigenvalue weighted by Gasteiger charge is 2.15. The lowest BCUT2D eigenvalue weighted by molar-refractivity contribution is 1.07. The lowest BCUT2D eigenvalue weighted by Gasteiger charge is -2.11. The summed E-state index contributed by atoms with van der Waals surface area (Å²) in [6.45, 7) is 0. The Labute approximate surface area is 284 Å². The van der Waals surface area contributed by atoms with Crippen molar-refractivity contribution in [1.29, 1.82) is 0 Å². The molecule has 0 bridgehead atoms. The maximum atomic E-state index is 9.04. The fraction of sp³-hybridized carbons (Fsp3) is 0. The van der Waals surface area contributed by atoms with Gasteiger partial charge in [0.1, 0.15) is 0 Å². The highest BCUT2D eigenvalue weighted by Crippen LogP contribution is 2.36. The zero-order chi connectivity index (χ0) is 39.0. The van der Waals surface area contributed by atoms with E-state index in [0.29, 0.717) is 39.6 Å². The van der Waals surface area contributed by atoms with Crippen molar-refractivity contribution >= 4 is 32.6 Å². The van der Waals surface area contributed by atoms with Gasteiger partial charge >= 0.3 is 0 Å². The number of benzene rings is 7. The third-order valence-electron chi connectivity index (χ3n) is 8.23. The van der Waals surface area contributed by atoms with Gasteiger partial charge < -0.3 is 4.57 Å². The van der Waals surface area contributed by atoms with Crippen LogP contribution in [0.4, 0.5) is 0 Å². The molecule has 0 unspecified atom stereocenters. The van der Waals surface area contributed by atoms with E-state index in [1.54, 1.807) is 22.8 Å². The van der Waals surface area contributed by atoms with Gasteiger partial charge in [0.2, 0.25) is 0 Å². The van der Waals surface area contributed by atoms with Crippen molar-refractivity contribution in [3.8, 4) is 51.0 Å². The van der Waals surface area contributed by atoms with Crippen molar-refractivity contribution in [1.82, 2.24) is 19.5 Å². The molecule has 47 heavy (non-hydrogen) atoms. The van der Waals surface area contributed by atoms with E-state index in [9.17, 15) is 0 Å². The Morgan fingerprint density at radius 2 is 1.02 bits per heavy atom. The van der Waals surface area contributed by atoms with E-state index >= 15 is 0 Å². The van der Waals surface area contributed by atoms with Gasteiger partial charge in [0, 0.05) is 33.2 Å². The van der Waals surface area contributed by atoms with Crippen LogP contribution in [0, 0.1) is 0 Å². The Bertz CT molecular complexity index is 2990. The molecular weight excluding hydrogens is 573 g/mol. The van der Waals surface area contributed by atoms with E-state index in [-0.39, 0.29) is 40.6 Å². The van der Waals surface area contributed by atoms with Crippen molar-refractivity contribution in [2.75, 3.05) is 0 Å². The summed E-state index contributed by atoms with van der Waals surface area (Å²) in [4.78, 5) is 14.6. The third-order valence-corrected chi connectivity index (χ3v) is 8.23. The third kappa shape index (κ3) is 4.84. The van der Waals surface area contributed by atoms with E-state index in [0.717, 1.165) is 27.5 Å². The number of aromatic nitrogens is 4. The standard InChI is InChI=1S/C43H28N4/c1-4-12-29(13-5-1)33-23-25-40-38(28-33)37-18-10-11-19-39(37)47(40)36-24-22-30-20-21-34(26-35(30)27-36)43-45-41(31-14-6-2-7-15-31)44-42(46-43)32-16-8-3-9-17-32/h1-28H/i1D,4D,5D,10D,11D,12D,13D,18D,19D. The molecule has 2 heterocycles. The normalized spacial score (nSPS) is 14.1. The van der Waals surface area contributed by atoms with Crippen LogP contribution in [-0.4, -0.2) is 19.5 Å². The van der Waals surface area contributed by atoms with E-state index in [2.05, 4.69) is 0 Å². The topological polar surface area (TPSA) is 43.6 Å². The fourth-order valence-electron chi connectivity index (χ4n) is 5.99. The van der Waals surface area contributed by atoms with E-state index in [1.165, 1.54) is 0 Å². The summed E-state index contributed by atoms with van der Waals surface area (Å²) in [5, 5.41) is 2.44. The van der Waals surface area contributed by atoms with Crippen LogP contribution in [0.15, 0.2) is 170 Å². The highest BCUT2D eigenvalue weighted by atomic mass is 15.0. The summed E-state index contributed by atoms with van der Waals surface area (Å²) in [5.74, 6) is 1.55. The number of nitrogens with zero attached hydrogens (tertiary/aromatic N) is 4. The van der Waals surface area contributed by atoms with Crippen molar-refractivity contribution in [3.63, 3.8) is 0 Å². The molecule has 4 nitrogen and oxygen atoms in total. The molecule has 0 atom stereocenters. The first kappa shape index (κ1) is 19.2. The monoisotopic (exact) mass is 609 g/mol. The molecule has 0 fully saturated rings. The molecule has 9 aromatic rings. The lowest BCUT2D eigenvalue weighted by Crippen LogP contribution is -2.00. The summed E-state index contributed by atoms with van der Waals surface area (Å²) in [5.41, 5.74) is 4.20. The summed E-state index contributed by atoms with van der Waals surface area (Å²) in [7, 11) is 0. The molecule has 0 amide bonds. The van der Waals surface area contributed by atoms with Gasteiger partial charge in [-0.05, 0) is 58.3 Å². The van der Waals surface area contributed by atoms with E-state index < -0.39 is 30.2 Å². The van der Waals surface area contributed by atoms with Crippen LogP contribution in [-0.2, 0) is 0 Å². The number of fused-ring (bicyclic) bond motifs is 4. The minimum atomic E-state index is -0.501. The molecule has 0 saturated carbocycles. The van der Waals surface area contributed by atoms with Crippen LogP contribution in [0.1, 0.15) is 12.3 Å². The average molecular weight is 610 g/mol. The van der Waals surface area contributed by atoms with Crippen molar-refractivity contribution < 1.29 is 12.3 Å². The molecule has 0 saturated heterocycles. The average Bonchev–Trinajstić information content (AvgIpc) is 3.58. The van der Waals surface area contributed by atoms with Crippen LogP contribution in [0.3, 0.4) is 0 Å². The lowest BCUT2D eigenvalue weighted by atomic mass is 10.0. The zero-order valence-corrected chi connectivity index (χ0v) is 24.8. The first-order valence-corrected chi connectivity index (χ1v) is 15.0. The molecule has 9 rings (SSSR count). The first-order chi connectivity index (χ1) is 27.0. The first-order valence-electron chi connectivity index (χ1n) is 19.5. The smallest absolute Gasteiger partial charge is 0.164 e. The minimum Gasteiger partial charge on any atom is -0.309 e. The SMILES string of the molecule is [2H]c1c([2H])c([2H])c(-c2ccc3c(c2)c2c([2H])c([2H])c([2H])c([2H])c2n3-c2ccc3ccc(-c4nc(-c5ccccc5)nc(-c5ccccc5)n4)cc3c2)c([2H])c1[2H]. The molecule has 0 radical (unpaired) electrons. The van der Waals surface area contributed by atoms with Crippen molar-refractivity contribution in [2.45, 2.75) is 0 Å². The van der Waals surface area contributed by atoms with Gasteiger partial charge in [-0.25, -0.2) is 15.0 Å². The summed E-state index contributed by atoms with van der Waals surface area (Å²) in [6, 6.07) is 32.7. The van der Waals surface area contributed by atoms with Crippen molar-refractivity contribution in [2.24, 2.45) is 0 Å². The predicted octanol–water partition coefficient (Wildman–Crippen LogP) is 10.8. The zero-order valence-electron chi connectivity index (χ0n) is 33.8. The molecule has 0 aliphatic carbocycles. The minimum absolute atomic E-state index is 0.00189. The van der Waals surface area contributed by atoms with Crippen molar-refractivity contribution in [3.05, 3.63) is 170 Å². The van der Waals surface area contributed by atoms with Gasteiger partial charge in [0.25, 0.3) is 0 Å². The fourth-order valence-corrected chi connectivity index (χ4v) is 5.99. The van der Waals surface area contributed by atoms with Crippen LogP contribution < -0.4 is 0 Å². The number of hydrogen-bond acceptors (Lipinski definition) is 3. The maximum Gasteiger partial charge on any atom is 0.164 e. The molecule has 2 aromatic heterocycles. The Morgan fingerprint density at radius 1 is 0.404 bits per heavy atom. The molecule has 0 spiro atoms. The van der Waals surface area contributed by atoms with E-state index in [1.807, 2.05) is 97.1 Å². The van der Waals surface area contributed by atoms with Gasteiger partial charge in [0.15, 0.2) is 17.5 Å². The Kier molecular flexibility index (Phi) is 4.57. The molecule has 0 aliphatic heterocycles. The predicted molar refractivity (Wildman–Crippen MR) is 193 cm³/mol. The Balaban J connectivity index is 1.26. The second-order valence-corrected chi connectivity index (χ2v) is 11.1. The van der Waals surface area contributed by atoms with Gasteiger partial charge in [-0.3, -0.25) is 0 Å². The number of para-hydroxylation sites is 1. The molecule has 0 N–H and O–H groups in total.